The number of nitrogens with one attached hydrogen (secondary N) is 1. The maximum atomic E-state index is 13.0. The van der Waals surface area contributed by atoms with Crippen molar-refractivity contribution in [2.75, 3.05) is 31.1 Å². The van der Waals surface area contributed by atoms with Gasteiger partial charge in [0.1, 0.15) is 10.7 Å². The van der Waals surface area contributed by atoms with Crippen LogP contribution in [0, 0.1) is 0 Å². The molecule has 9 nitrogen and oxygen atoms in total. The van der Waals surface area contributed by atoms with Crippen molar-refractivity contribution in [3.8, 4) is 0 Å². The molecular weight excluding hydrogens is 380 g/mol. The first kappa shape index (κ1) is 18.4. The highest BCUT2D eigenvalue weighted by atomic mass is 32.1. The molecule has 0 unspecified atom stereocenters. The van der Waals surface area contributed by atoms with Gasteiger partial charge < -0.3 is 14.8 Å². The number of pyridine rings is 1. The number of hydrogen-bond acceptors (Lipinski definition) is 7. The predicted octanol–water partition coefficient (Wildman–Crippen LogP) is 0.914. The van der Waals surface area contributed by atoms with Crippen LogP contribution in [0.15, 0.2) is 34.0 Å². The van der Waals surface area contributed by atoms with Crippen molar-refractivity contribution in [1.82, 2.24) is 23.8 Å². The molecule has 1 aliphatic rings. The van der Waals surface area contributed by atoms with Crippen LogP contribution in [-0.2, 0) is 6.54 Å². The molecule has 0 atom stereocenters. The zero-order valence-electron chi connectivity index (χ0n) is 15.4. The molecule has 3 aromatic heterocycles. The average molecular weight is 400 g/mol. The molecule has 0 aromatic carbocycles. The molecule has 146 valence electrons. The van der Waals surface area contributed by atoms with Crippen LogP contribution < -0.4 is 16.1 Å². The summed E-state index contributed by atoms with van der Waals surface area (Å²) in [5, 5.41) is 0. The van der Waals surface area contributed by atoms with E-state index >= 15 is 0 Å². The second kappa shape index (κ2) is 7.55. The van der Waals surface area contributed by atoms with Gasteiger partial charge in [-0.25, -0.2) is 9.78 Å². The highest BCUT2D eigenvalue weighted by molar-refractivity contribution is 7.09. The number of aromatic amines is 1. The van der Waals surface area contributed by atoms with Crippen molar-refractivity contribution in [2.24, 2.45) is 0 Å². The molecular formula is C18H20N6O3S. The minimum absolute atomic E-state index is 0.147. The Labute approximate surface area is 164 Å². The summed E-state index contributed by atoms with van der Waals surface area (Å²) in [6.07, 6.45) is 2.41. The van der Waals surface area contributed by atoms with E-state index in [2.05, 4.69) is 19.2 Å². The van der Waals surface area contributed by atoms with Gasteiger partial charge in [-0.3, -0.25) is 14.2 Å². The lowest BCUT2D eigenvalue weighted by Crippen LogP contribution is -2.49. The van der Waals surface area contributed by atoms with Crippen LogP contribution in [0.1, 0.15) is 23.0 Å². The van der Waals surface area contributed by atoms with E-state index in [4.69, 9.17) is 0 Å². The number of amides is 1. The van der Waals surface area contributed by atoms with E-state index in [9.17, 15) is 14.4 Å². The molecule has 1 amide bonds. The quantitative estimate of drug-likeness (QED) is 0.698. The SMILES string of the molecule is CCCn1c(=O)[nH]c2c(C(=O)N3CCN(c4ccccn4)CC3)snc2c1=O. The van der Waals surface area contributed by atoms with Gasteiger partial charge in [0.25, 0.3) is 11.5 Å². The average Bonchev–Trinajstić information content (AvgIpc) is 3.15. The Kier molecular flexibility index (Phi) is 4.95. The van der Waals surface area contributed by atoms with Gasteiger partial charge in [0.2, 0.25) is 0 Å². The van der Waals surface area contributed by atoms with Crippen LogP contribution in [0.4, 0.5) is 5.82 Å². The summed E-state index contributed by atoms with van der Waals surface area (Å²) in [6.45, 7) is 4.60. The fourth-order valence-electron chi connectivity index (χ4n) is 3.34. The second-order valence-electron chi connectivity index (χ2n) is 6.59. The maximum Gasteiger partial charge on any atom is 0.328 e. The van der Waals surface area contributed by atoms with Gasteiger partial charge in [0.15, 0.2) is 5.52 Å². The van der Waals surface area contributed by atoms with Gasteiger partial charge in [-0.2, -0.15) is 4.37 Å². The van der Waals surface area contributed by atoms with Crippen molar-refractivity contribution < 1.29 is 4.79 Å². The Morgan fingerprint density at radius 3 is 2.68 bits per heavy atom. The number of anilines is 1. The van der Waals surface area contributed by atoms with E-state index in [1.807, 2.05) is 25.1 Å². The molecule has 4 heterocycles. The van der Waals surface area contributed by atoms with E-state index in [0.29, 0.717) is 44.0 Å². The number of hydrogen-bond donors (Lipinski definition) is 1. The summed E-state index contributed by atoms with van der Waals surface area (Å²) in [7, 11) is 0. The van der Waals surface area contributed by atoms with E-state index < -0.39 is 11.2 Å². The largest absolute Gasteiger partial charge is 0.353 e. The van der Waals surface area contributed by atoms with E-state index in [1.54, 1.807) is 11.1 Å². The monoisotopic (exact) mass is 400 g/mol. The van der Waals surface area contributed by atoms with Gasteiger partial charge >= 0.3 is 5.69 Å². The summed E-state index contributed by atoms with van der Waals surface area (Å²) in [4.78, 5) is 48.9. The molecule has 1 fully saturated rings. The van der Waals surface area contributed by atoms with Gasteiger partial charge in [0, 0.05) is 38.9 Å². The van der Waals surface area contributed by atoms with Crippen molar-refractivity contribution in [3.63, 3.8) is 0 Å². The first-order valence-corrected chi connectivity index (χ1v) is 9.95. The number of carbonyl (C=O) groups excluding carboxylic acids is 1. The third kappa shape index (κ3) is 3.19. The number of rotatable bonds is 4. The lowest BCUT2D eigenvalue weighted by molar-refractivity contribution is 0.0753. The summed E-state index contributed by atoms with van der Waals surface area (Å²) < 4.78 is 5.28. The van der Waals surface area contributed by atoms with Crippen molar-refractivity contribution in [2.45, 2.75) is 19.9 Å². The molecule has 1 saturated heterocycles. The standard InChI is InChI=1S/C18H20N6O3S/c1-2-7-24-16(25)14-13(20-18(24)27)15(28-21-14)17(26)23-10-8-22(9-11-23)12-5-3-4-6-19-12/h3-6H,2,7-11H2,1H3,(H,20,27). The van der Waals surface area contributed by atoms with Gasteiger partial charge in [0.05, 0.1) is 5.52 Å². The summed E-state index contributed by atoms with van der Waals surface area (Å²) in [5.74, 6) is 0.676. The van der Waals surface area contributed by atoms with Crippen LogP contribution in [-0.4, -0.2) is 55.9 Å². The van der Waals surface area contributed by atoms with Crippen molar-refractivity contribution in [3.05, 3.63) is 50.1 Å². The van der Waals surface area contributed by atoms with Crippen molar-refractivity contribution >= 4 is 34.3 Å². The third-order valence-electron chi connectivity index (χ3n) is 4.80. The number of fused-ring (bicyclic) bond motifs is 1. The minimum atomic E-state index is -0.506. The smallest absolute Gasteiger partial charge is 0.328 e. The fraction of sp³-hybridized carbons (Fsp3) is 0.389. The number of aromatic nitrogens is 4. The van der Waals surface area contributed by atoms with Crippen LogP contribution in [0.25, 0.3) is 11.0 Å². The zero-order valence-corrected chi connectivity index (χ0v) is 16.2. The number of piperazine rings is 1. The molecule has 1 N–H and O–H groups in total. The topological polar surface area (TPSA) is 104 Å². The Morgan fingerprint density at radius 1 is 1.21 bits per heavy atom. The van der Waals surface area contributed by atoms with Crippen molar-refractivity contribution in [1.29, 1.82) is 0 Å². The fourth-order valence-corrected chi connectivity index (χ4v) is 4.14. The Bertz CT molecular complexity index is 1110. The van der Waals surface area contributed by atoms with Crippen LogP contribution in [0.3, 0.4) is 0 Å². The van der Waals surface area contributed by atoms with Crippen LogP contribution in [0.2, 0.25) is 0 Å². The van der Waals surface area contributed by atoms with Crippen LogP contribution in [0.5, 0.6) is 0 Å². The first-order chi connectivity index (χ1) is 13.6. The molecule has 0 aliphatic carbocycles. The first-order valence-electron chi connectivity index (χ1n) is 9.18. The number of nitrogens with zero attached hydrogens (tertiary/aromatic N) is 5. The summed E-state index contributed by atoms with van der Waals surface area (Å²) >= 11 is 0.961. The van der Waals surface area contributed by atoms with Gasteiger partial charge in [-0.05, 0) is 30.1 Å². The predicted molar refractivity (Wildman–Crippen MR) is 107 cm³/mol. The summed E-state index contributed by atoms with van der Waals surface area (Å²) in [6, 6.07) is 5.75. The third-order valence-corrected chi connectivity index (χ3v) is 5.63. The Balaban J connectivity index is 1.57. The molecule has 10 heteroatoms. The molecule has 0 bridgehead atoms. The lowest BCUT2D eigenvalue weighted by atomic mass is 10.2. The molecule has 0 spiro atoms. The highest BCUT2D eigenvalue weighted by Gasteiger charge is 2.27. The van der Waals surface area contributed by atoms with Crippen LogP contribution >= 0.6 is 11.5 Å². The number of H-pyrrole nitrogens is 1. The van der Waals surface area contributed by atoms with E-state index in [-0.39, 0.29) is 16.9 Å². The second-order valence-corrected chi connectivity index (χ2v) is 7.36. The molecule has 0 radical (unpaired) electrons. The molecule has 4 rings (SSSR count). The molecule has 3 aromatic rings. The van der Waals surface area contributed by atoms with Gasteiger partial charge in [-0.1, -0.05) is 13.0 Å². The molecule has 1 aliphatic heterocycles. The number of carbonyl (C=O) groups is 1. The van der Waals surface area contributed by atoms with E-state index in [0.717, 1.165) is 21.9 Å². The maximum absolute atomic E-state index is 13.0. The Hall–Kier alpha value is -3.01. The minimum Gasteiger partial charge on any atom is -0.353 e. The lowest BCUT2D eigenvalue weighted by Gasteiger charge is -2.35. The Morgan fingerprint density at radius 2 is 2.00 bits per heavy atom. The highest BCUT2D eigenvalue weighted by Crippen LogP contribution is 2.21. The normalized spacial score (nSPS) is 14.6. The summed E-state index contributed by atoms with van der Waals surface area (Å²) in [5.41, 5.74) is -0.567. The zero-order chi connectivity index (χ0) is 19.7. The molecule has 0 saturated carbocycles. The van der Waals surface area contributed by atoms with E-state index in [1.165, 1.54) is 0 Å². The van der Waals surface area contributed by atoms with Gasteiger partial charge in [-0.15, -0.1) is 0 Å². The molecule has 28 heavy (non-hydrogen) atoms.